The van der Waals surface area contributed by atoms with Crippen molar-refractivity contribution in [3.05, 3.63) is 47.7 Å². The van der Waals surface area contributed by atoms with Crippen LogP contribution in [0.1, 0.15) is 18.9 Å². The number of furan rings is 1. The monoisotopic (exact) mass is 379 g/mol. The molecule has 1 amide bonds. The number of phenols is 1. The highest BCUT2D eigenvalue weighted by Crippen LogP contribution is 2.48. The van der Waals surface area contributed by atoms with Crippen molar-refractivity contribution in [1.29, 1.82) is 0 Å². The molecule has 1 saturated heterocycles. The molecule has 3 aromatic rings. The Morgan fingerprint density at radius 1 is 1.25 bits per heavy atom. The summed E-state index contributed by atoms with van der Waals surface area (Å²) in [6, 6.07) is 9.93. The number of aliphatic carboxylic acids is 1. The van der Waals surface area contributed by atoms with Crippen LogP contribution in [0.15, 0.2) is 46.5 Å². The molecule has 0 saturated carbocycles. The number of para-hydroxylation sites is 1. The molecule has 1 fully saturated rings. The zero-order valence-electron chi connectivity index (χ0n) is 14.9. The standard InChI is InChI=1S/C21H17NO6/c1-9(23)17-15-8-14(18(21(26)27)22(15)20(17)25)13-4-2-3-12-11-6-5-10(24)7-16(11)28-19(12)13/h2-7,9,15,17,23-24H,8H2,1H3,(H,26,27)/t9-,15-,17-/m1/s1. The first-order valence-electron chi connectivity index (χ1n) is 9.00. The van der Waals surface area contributed by atoms with Crippen molar-refractivity contribution < 1.29 is 29.3 Å². The lowest BCUT2D eigenvalue weighted by molar-refractivity contribution is -0.161. The maximum absolute atomic E-state index is 12.4. The Bertz CT molecular complexity index is 1200. The molecule has 2 aliphatic rings. The van der Waals surface area contributed by atoms with Crippen molar-refractivity contribution in [3.63, 3.8) is 0 Å². The Balaban J connectivity index is 1.73. The number of carbonyl (C=O) groups excluding carboxylic acids is 1. The van der Waals surface area contributed by atoms with E-state index >= 15 is 0 Å². The third-order valence-electron chi connectivity index (χ3n) is 5.74. The smallest absolute Gasteiger partial charge is 0.352 e. The van der Waals surface area contributed by atoms with E-state index in [9.17, 15) is 24.9 Å². The zero-order valence-corrected chi connectivity index (χ0v) is 14.9. The van der Waals surface area contributed by atoms with Gasteiger partial charge in [0.25, 0.3) is 0 Å². The van der Waals surface area contributed by atoms with E-state index in [1.807, 2.05) is 12.1 Å². The average Bonchev–Trinajstić information content (AvgIpc) is 3.16. The molecule has 0 bridgehead atoms. The van der Waals surface area contributed by atoms with Gasteiger partial charge in [0.2, 0.25) is 5.91 Å². The summed E-state index contributed by atoms with van der Waals surface area (Å²) in [6.45, 7) is 1.55. The summed E-state index contributed by atoms with van der Waals surface area (Å²) in [5, 5.41) is 31.0. The van der Waals surface area contributed by atoms with Gasteiger partial charge < -0.3 is 24.6 Å². The minimum Gasteiger partial charge on any atom is -0.508 e. The molecule has 5 rings (SSSR count). The number of nitrogens with zero attached hydrogens (tertiary/aromatic N) is 1. The number of carboxylic acid groups (broad SMARTS) is 1. The number of carboxylic acids is 1. The van der Waals surface area contributed by atoms with E-state index in [1.54, 1.807) is 25.1 Å². The number of aromatic hydroxyl groups is 1. The van der Waals surface area contributed by atoms with Crippen LogP contribution in [-0.4, -0.2) is 44.2 Å². The van der Waals surface area contributed by atoms with Gasteiger partial charge in [-0.15, -0.1) is 0 Å². The lowest BCUT2D eigenvalue weighted by Gasteiger charge is -2.44. The fourth-order valence-corrected chi connectivity index (χ4v) is 4.53. The summed E-state index contributed by atoms with van der Waals surface area (Å²) < 4.78 is 5.96. The molecule has 0 aliphatic carbocycles. The second kappa shape index (κ2) is 5.59. The maximum Gasteiger partial charge on any atom is 0.352 e. The van der Waals surface area contributed by atoms with Crippen LogP contribution in [0.25, 0.3) is 27.5 Å². The molecule has 0 unspecified atom stereocenters. The topological polar surface area (TPSA) is 111 Å². The number of fused-ring (bicyclic) bond motifs is 4. The maximum atomic E-state index is 12.4. The largest absolute Gasteiger partial charge is 0.508 e. The zero-order chi connectivity index (χ0) is 19.7. The quantitative estimate of drug-likeness (QED) is 0.604. The van der Waals surface area contributed by atoms with E-state index < -0.39 is 18.0 Å². The Morgan fingerprint density at radius 3 is 2.75 bits per heavy atom. The second-order valence-electron chi connectivity index (χ2n) is 7.34. The van der Waals surface area contributed by atoms with Crippen LogP contribution in [0, 0.1) is 5.92 Å². The van der Waals surface area contributed by atoms with Crippen molar-refractivity contribution in [2.75, 3.05) is 0 Å². The van der Waals surface area contributed by atoms with Crippen molar-refractivity contribution in [1.82, 2.24) is 4.90 Å². The summed E-state index contributed by atoms with van der Waals surface area (Å²) in [7, 11) is 0. The van der Waals surface area contributed by atoms with E-state index in [2.05, 4.69) is 0 Å². The first kappa shape index (κ1) is 16.8. The molecule has 28 heavy (non-hydrogen) atoms. The van der Waals surface area contributed by atoms with Gasteiger partial charge in [0.05, 0.1) is 18.1 Å². The van der Waals surface area contributed by atoms with Crippen LogP contribution in [0.4, 0.5) is 0 Å². The molecule has 3 N–H and O–H groups in total. The molecule has 142 valence electrons. The van der Waals surface area contributed by atoms with E-state index in [0.717, 1.165) is 10.8 Å². The third kappa shape index (κ3) is 2.07. The van der Waals surface area contributed by atoms with E-state index in [0.29, 0.717) is 28.7 Å². The van der Waals surface area contributed by atoms with Crippen molar-refractivity contribution >= 4 is 39.4 Å². The summed E-state index contributed by atoms with van der Waals surface area (Å²) in [5.74, 6) is -2.07. The number of aliphatic hydroxyl groups excluding tert-OH is 1. The molecular formula is C21H17NO6. The number of aliphatic hydroxyl groups is 1. The van der Waals surface area contributed by atoms with Gasteiger partial charge in [-0.3, -0.25) is 4.79 Å². The first-order valence-corrected chi connectivity index (χ1v) is 9.00. The highest BCUT2D eigenvalue weighted by Gasteiger charge is 2.57. The molecule has 2 aromatic carbocycles. The Labute approximate surface area is 159 Å². The normalized spacial score (nSPS) is 22.6. The van der Waals surface area contributed by atoms with E-state index in [4.69, 9.17) is 4.42 Å². The summed E-state index contributed by atoms with van der Waals surface area (Å²) >= 11 is 0. The Hall–Kier alpha value is -3.32. The van der Waals surface area contributed by atoms with Gasteiger partial charge in [-0.25, -0.2) is 4.79 Å². The number of carbonyl (C=O) groups is 2. The van der Waals surface area contributed by atoms with Gasteiger partial charge >= 0.3 is 5.97 Å². The van der Waals surface area contributed by atoms with Crippen LogP contribution in [0.5, 0.6) is 5.75 Å². The molecule has 1 aromatic heterocycles. The number of β-lactam (4-membered cyclic amide) rings is 1. The number of benzene rings is 2. The minimum absolute atomic E-state index is 0.0531. The number of phenolic OH excluding ortho intramolecular Hbond substituents is 1. The first-order chi connectivity index (χ1) is 13.4. The summed E-state index contributed by atoms with van der Waals surface area (Å²) in [4.78, 5) is 25.7. The van der Waals surface area contributed by atoms with Crippen LogP contribution in [0.3, 0.4) is 0 Å². The van der Waals surface area contributed by atoms with Crippen molar-refractivity contribution in [2.45, 2.75) is 25.5 Å². The lowest BCUT2D eigenvalue weighted by Crippen LogP contribution is -2.61. The van der Waals surface area contributed by atoms with Crippen molar-refractivity contribution in [2.24, 2.45) is 5.92 Å². The summed E-state index contributed by atoms with van der Waals surface area (Å²) in [5.41, 5.74) is 2.09. The molecule has 7 heteroatoms. The lowest BCUT2D eigenvalue weighted by atomic mass is 9.82. The van der Waals surface area contributed by atoms with E-state index in [-0.39, 0.29) is 23.4 Å². The van der Waals surface area contributed by atoms with Crippen LogP contribution in [0.2, 0.25) is 0 Å². The highest BCUT2D eigenvalue weighted by atomic mass is 16.4. The molecule has 0 radical (unpaired) electrons. The predicted octanol–water partition coefficient (Wildman–Crippen LogP) is 2.70. The predicted molar refractivity (Wildman–Crippen MR) is 100 cm³/mol. The van der Waals surface area contributed by atoms with Gasteiger partial charge in [-0.05, 0) is 31.1 Å². The fourth-order valence-electron chi connectivity index (χ4n) is 4.53. The van der Waals surface area contributed by atoms with Gasteiger partial charge in [0, 0.05) is 22.4 Å². The third-order valence-corrected chi connectivity index (χ3v) is 5.74. The second-order valence-corrected chi connectivity index (χ2v) is 7.34. The van der Waals surface area contributed by atoms with Crippen LogP contribution >= 0.6 is 0 Å². The van der Waals surface area contributed by atoms with Crippen molar-refractivity contribution in [3.8, 4) is 5.75 Å². The molecule has 3 atom stereocenters. The Morgan fingerprint density at radius 2 is 2.04 bits per heavy atom. The van der Waals surface area contributed by atoms with Gasteiger partial charge in [-0.1, -0.05) is 18.2 Å². The molecule has 7 nitrogen and oxygen atoms in total. The van der Waals surface area contributed by atoms with Gasteiger partial charge in [0.15, 0.2) is 0 Å². The molecule has 0 spiro atoms. The Kier molecular flexibility index (Phi) is 3.36. The number of hydrogen-bond donors (Lipinski definition) is 3. The summed E-state index contributed by atoms with van der Waals surface area (Å²) in [6.07, 6.45) is -0.502. The average molecular weight is 379 g/mol. The van der Waals surface area contributed by atoms with Crippen LogP contribution in [-0.2, 0) is 9.59 Å². The number of amides is 1. The SMILES string of the molecule is C[C@@H](O)[C@H]1C(=O)N2C(C(=O)O)=C(c3cccc4c3oc3cc(O)ccc34)C[C@H]12. The number of rotatable bonds is 3. The fraction of sp³-hybridized carbons (Fsp3) is 0.238. The van der Waals surface area contributed by atoms with Gasteiger partial charge in [-0.2, -0.15) is 0 Å². The molecule has 2 aliphatic heterocycles. The number of hydrogen-bond acceptors (Lipinski definition) is 5. The molecule has 3 heterocycles. The van der Waals surface area contributed by atoms with Crippen LogP contribution < -0.4 is 0 Å². The molecular weight excluding hydrogens is 362 g/mol. The van der Waals surface area contributed by atoms with Gasteiger partial charge in [0.1, 0.15) is 22.6 Å². The highest BCUT2D eigenvalue weighted by molar-refractivity contribution is 6.12. The van der Waals surface area contributed by atoms with E-state index in [1.165, 1.54) is 11.0 Å². The minimum atomic E-state index is -1.18.